The van der Waals surface area contributed by atoms with Crippen LogP contribution in [0.4, 0.5) is 17.7 Å². The fourth-order valence-corrected chi connectivity index (χ4v) is 4.78. The second-order valence-corrected chi connectivity index (χ2v) is 10.4. The molecule has 4 rings (SSSR count). The lowest BCUT2D eigenvalue weighted by molar-refractivity contribution is 0.152. The molecule has 0 saturated carbocycles. The first kappa shape index (κ1) is 28.5. The maximum Gasteiger partial charge on any atom is 0.230 e. The third kappa shape index (κ3) is 7.79. The summed E-state index contributed by atoms with van der Waals surface area (Å²) in [6.07, 6.45) is 12.3. The van der Waals surface area contributed by atoms with Crippen molar-refractivity contribution in [2.75, 3.05) is 74.8 Å². The van der Waals surface area contributed by atoms with Crippen molar-refractivity contribution in [1.82, 2.24) is 19.9 Å². The summed E-state index contributed by atoms with van der Waals surface area (Å²) in [4.78, 5) is 26.1. The molecule has 2 aromatic heterocycles. The van der Waals surface area contributed by atoms with Gasteiger partial charge in [-0.05, 0) is 49.5 Å². The van der Waals surface area contributed by atoms with Crippen molar-refractivity contribution in [1.29, 1.82) is 0 Å². The predicted molar refractivity (Wildman–Crippen MR) is 157 cm³/mol. The van der Waals surface area contributed by atoms with Crippen LogP contribution >= 0.6 is 0 Å². The van der Waals surface area contributed by atoms with Crippen molar-refractivity contribution in [2.45, 2.75) is 39.5 Å². The number of likely N-dealkylation sites (N-methyl/N-ethyl adjacent to an activating group) is 2. The molecule has 39 heavy (non-hydrogen) atoms. The topological polar surface area (TPSA) is 79.7 Å². The Bertz CT molecular complexity index is 1140. The minimum Gasteiger partial charge on any atom is -0.500 e. The molecule has 0 aromatic carbocycles. The van der Waals surface area contributed by atoms with Crippen LogP contribution in [0.2, 0.25) is 0 Å². The Kier molecular flexibility index (Phi) is 10.3. The molecule has 1 aliphatic carbocycles. The summed E-state index contributed by atoms with van der Waals surface area (Å²) >= 11 is 0. The van der Waals surface area contributed by atoms with Crippen LogP contribution in [-0.4, -0.2) is 80.0 Å². The molecule has 3 heterocycles. The zero-order valence-corrected chi connectivity index (χ0v) is 24.1. The van der Waals surface area contributed by atoms with Gasteiger partial charge in [-0.1, -0.05) is 38.1 Å². The van der Waals surface area contributed by atoms with Gasteiger partial charge < -0.3 is 24.2 Å². The Hall–Kier alpha value is -3.46. The van der Waals surface area contributed by atoms with E-state index in [-0.39, 0.29) is 5.92 Å². The third-order valence-electron chi connectivity index (χ3n) is 6.97. The molecule has 0 bridgehead atoms. The Morgan fingerprint density at radius 1 is 1.10 bits per heavy atom. The van der Waals surface area contributed by atoms with Gasteiger partial charge in [0, 0.05) is 52.6 Å². The normalized spacial score (nSPS) is 17.8. The molecule has 2 aromatic rings. The standard InChI is InChI=1S/C30H43N7O2/c1-6-36(18-17-35(4)27-10-7-8-15-31-27)29-32-28(33-30(34-29)37-16-9-20-39-21-19-37)25-13-11-24(22-23(2)3)12-14-26(25)38-5/h7-8,10-15,23,25H,6,9,16-22H2,1-5H3. The predicted octanol–water partition coefficient (Wildman–Crippen LogP) is 4.61. The first-order valence-electron chi connectivity index (χ1n) is 14.1. The molecule has 9 heteroatoms. The first-order valence-corrected chi connectivity index (χ1v) is 14.1. The summed E-state index contributed by atoms with van der Waals surface area (Å²) in [5.41, 5.74) is 1.27. The summed E-state index contributed by atoms with van der Waals surface area (Å²) in [5, 5.41) is 0. The van der Waals surface area contributed by atoms with Gasteiger partial charge in [0.05, 0.1) is 19.6 Å². The van der Waals surface area contributed by atoms with E-state index >= 15 is 0 Å². The quantitative estimate of drug-likeness (QED) is 0.411. The van der Waals surface area contributed by atoms with Gasteiger partial charge in [0.2, 0.25) is 11.9 Å². The van der Waals surface area contributed by atoms with Gasteiger partial charge in [0.1, 0.15) is 11.6 Å². The van der Waals surface area contributed by atoms with E-state index in [4.69, 9.17) is 24.4 Å². The van der Waals surface area contributed by atoms with E-state index in [9.17, 15) is 0 Å². The minimum absolute atomic E-state index is 0.200. The van der Waals surface area contributed by atoms with Crippen LogP contribution in [0.1, 0.15) is 45.4 Å². The average Bonchev–Trinajstić information content (AvgIpc) is 3.35. The fraction of sp³-hybridized carbons (Fsp3) is 0.533. The molecule has 1 fully saturated rings. The maximum absolute atomic E-state index is 5.86. The summed E-state index contributed by atoms with van der Waals surface area (Å²) in [6, 6.07) is 5.97. The summed E-state index contributed by atoms with van der Waals surface area (Å²) in [5.74, 6) is 4.21. The van der Waals surface area contributed by atoms with Gasteiger partial charge in [0.25, 0.3) is 0 Å². The number of nitrogens with zero attached hydrogens (tertiary/aromatic N) is 7. The fourth-order valence-electron chi connectivity index (χ4n) is 4.78. The molecule has 0 spiro atoms. The van der Waals surface area contributed by atoms with E-state index in [0.29, 0.717) is 30.2 Å². The highest BCUT2D eigenvalue weighted by Gasteiger charge is 2.25. The number of allylic oxidation sites excluding steroid dienone is 5. The van der Waals surface area contributed by atoms with Gasteiger partial charge in [0.15, 0.2) is 5.82 Å². The number of aromatic nitrogens is 4. The van der Waals surface area contributed by atoms with Crippen LogP contribution in [0.3, 0.4) is 0 Å². The van der Waals surface area contributed by atoms with Gasteiger partial charge >= 0.3 is 0 Å². The van der Waals surface area contributed by atoms with Crippen LogP contribution in [0, 0.1) is 5.92 Å². The van der Waals surface area contributed by atoms with E-state index in [1.807, 2.05) is 24.4 Å². The Morgan fingerprint density at radius 2 is 1.97 bits per heavy atom. The second kappa shape index (κ2) is 14.1. The Balaban J connectivity index is 1.66. The van der Waals surface area contributed by atoms with E-state index in [2.05, 4.69) is 71.8 Å². The zero-order chi connectivity index (χ0) is 27.6. The minimum atomic E-state index is -0.200. The molecule has 0 radical (unpaired) electrons. The largest absolute Gasteiger partial charge is 0.500 e. The SMILES string of the molecule is CCN(CCN(C)c1ccccn1)c1nc(C2C=CC(CC(C)C)=CC=C2OC)nc(N2CCCOCC2)n1. The summed E-state index contributed by atoms with van der Waals surface area (Å²) in [6.45, 7) is 11.9. The number of pyridine rings is 1. The number of anilines is 3. The van der Waals surface area contributed by atoms with Crippen molar-refractivity contribution < 1.29 is 9.47 Å². The molecule has 0 N–H and O–H groups in total. The third-order valence-corrected chi connectivity index (χ3v) is 6.97. The summed E-state index contributed by atoms with van der Waals surface area (Å²) < 4.78 is 11.6. The molecule has 210 valence electrons. The lowest BCUT2D eigenvalue weighted by Gasteiger charge is -2.27. The van der Waals surface area contributed by atoms with E-state index in [0.717, 1.165) is 63.7 Å². The van der Waals surface area contributed by atoms with Crippen LogP contribution < -0.4 is 14.7 Å². The second-order valence-electron chi connectivity index (χ2n) is 10.4. The van der Waals surface area contributed by atoms with Gasteiger partial charge in [-0.15, -0.1) is 0 Å². The number of hydrogen-bond acceptors (Lipinski definition) is 9. The zero-order valence-electron chi connectivity index (χ0n) is 24.1. The van der Waals surface area contributed by atoms with Crippen molar-refractivity contribution in [3.05, 3.63) is 65.9 Å². The molecule has 1 atom stereocenters. The van der Waals surface area contributed by atoms with Crippen molar-refractivity contribution in [3.63, 3.8) is 0 Å². The first-order chi connectivity index (χ1) is 19.0. The van der Waals surface area contributed by atoms with E-state index in [1.54, 1.807) is 7.11 Å². The monoisotopic (exact) mass is 533 g/mol. The van der Waals surface area contributed by atoms with Crippen molar-refractivity contribution in [2.24, 2.45) is 5.92 Å². The highest BCUT2D eigenvalue weighted by Crippen LogP contribution is 2.30. The van der Waals surface area contributed by atoms with Crippen LogP contribution in [0.5, 0.6) is 0 Å². The smallest absolute Gasteiger partial charge is 0.230 e. The Morgan fingerprint density at radius 3 is 2.72 bits per heavy atom. The van der Waals surface area contributed by atoms with Gasteiger partial charge in [-0.3, -0.25) is 0 Å². The van der Waals surface area contributed by atoms with Gasteiger partial charge in [-0.2, -0.15) is 15.0 Å². The Labute approximate surface area is 233 Å². The number of methoxy groups -OCH3 is 1. The van der Waals surface area contributed by atoms with Crippen LogP contribution in [0.15, 0.2) is 60.0 Å². The van der Waals surface area contributed by atoms with Crippen LogP contribution in [-0.2, 0) is 9.47 Å². The van der Waals surface area contributed by atoms with Crippen LogP contribution in [0.25, 0.3) is 0 Å². The molecular formula is C30H43N7O2. The number of ether oxygens (including phenoxy) is 2. The highest BCUT2D eigenvalue weighted by atomic mass is 16.5. The number of hydrogen-bond donors (Lipinski definition) is 0. The molecular weight excluding hydrogens is 490 g/mol. The lowest BCUT2D eigenvalue weighted by atomic mass is 10.0. The molecule has 0 amide bonds. The molecule has 1 saturated heterocycles. The van der Waals surface area contributed by atoms with Crippen molar-refractivity contribution in [3.8, 4) is 0 Å². The summed E-state index contributed by atoms with van der Waals surface area (Å²) in [7, 11) is 3.78. The molecule has 1 aliphatic heterocycles. The average molecular weight is 534 g/mol. The molecule has 2 aliphatic rings. The van der Waals surface area contributed by atoms with Gasteiger partial charge in [-0.25, -0.2) is 4.98 Å². The van der Waals surface area contributed by atoms with Crippen molar-refractivity contribution >= 4 is 17.7 Å². The van der Waals surface area contributed by atoms with E-state index in [1.165, 1.54) is 5.57 Å². The highest BCUT2D eigenvalue weighted by molar-refractivity contribution is 5.44. The lowest BCUT2D eigenvalue weighted by Crippen LogP contribution is -2.36. The number of rotatable bonds is 11. The maximum atomic E-state index is 5.86. The molecule has 9 nitrogen and oxygen atoms in total. The van der Waals surface area contributed by atoms with E-state index < -0.39 is 0 Å². The molecule has 1 unspecified atom stereocenters.